The molecule has 2 heterocycles. The second kappa shape index (κ2) is 3.68. The van der Waals surface area contributed by atoms with Crippen LogP contribution in [-0.2, 0) is 0 Å². The Kier molecular flexibility index (Phi) is 2.37. The van der Waals surface area contributed by atoms with E-state index >= 15 is 0 Å². The van der Waals surface area contributed by atoms with Crippen LogP contribution in [0, 0.1) is 13.8 Å². The fourth-order valence-electron chi connectivity index (χ4n) is 1.41. The molecule has 0 saturated carbocycles. The van der Waals surface area contributed by atoms with Crippen molar-refractivity contribution in [3.63, 3.8) is 0 Å². The fourth-order valence-corrected chi connectivity index (χ4v) is 1.41. The third kappa shape index (κ3) is 1.96. The highest BCUT2D eigenvalue weighted by molar-refractivity contribution is 5.56. The van der Waals surface area contributed by atoms with Crippen LogP contribution in [0.4, 0.5) is 6.01 Å². The summed E-state index contributed by atoms with van der Waals surface area (Å²) in [6, 6.07) is 4.27. The van der Waals surface area contributed by atoms with Crippen LogP contribution in [0.2, 0.25) is 0 Å². The zero-order valence-corrected chi connectivity index (χ0v) is 8.90. The molecule has 2 rings (SSSR count). The molecule has 0 aliphatic heterocycles. The average Bonchev–Trinajstić information content (AvgIpc) is 2.64. The summed E-state index contributed by atoms with van der Waals surface area (Å²) in [6.07, 6.45) is 0. The number of hydrogen-bond donors (Lipinski definition) is 1. The molecule has 0 spiro atoms. The molecule has 0 fully saturated rings. The van der Waals surface area contributed by atoms with Gasteiger partial charge in [0, 0.05) is 24.0 Å². The smallest absolute Gasteiger partial charge is 0.321 e. The second-order valence-corrected chi connectivity index (χ2v) is 3.31. The van der Waals surface area contributed by atoms with E-state index in [2.05, 4.69) is 20.4 Å². The Morgan fingerprint density at radius 2 is 1.80 bits per heavy atom. The molecule has 5 heteroatoms. The number of nitrogens with one attached hydrogen (secondary N) is 1. The molecule has 0 amide bonds. The van der Waals surface area contributed by atoms with Crippen LogP contribution in [0.25, 0.3) is 11.4 Å². The monoisotopic (exact) mass is 204 g/mol. The standard InChI is InChI=1S/C10H12N4O/c1-6-4-8(5-7(2)12-6)9-13-10(11-3)15-14-9/h4-5H,1-3H3,(H,11,13,14). The van der Waals surface area contributed by atoms with Gasteiger partial charge in [-0.2, -0.15) is 4.98 Å². The third-order valence-corrected chi connectivity index (χ3v) is 1.98. The molecule has 0 bridgehead atoms. The molecular weight excluding hydrogens is 192 g/mol. The van der Waals surface area contributed by atoms with Crippen LogP contribution >= 0.6 is 0 Å². The zero-order valence-electron chi connectivity index (χ0n) is 8.90. The van der Waals surface area contributed by atoms with E-state index in [4.69, 9.17) is 4.52 Å². The van der Waals surface area contributed by atoms with E-state index in [-0.39, 0.29) is 0 Å². The number of rotatable bonds is 2. The minimum atomic E-state index is 0.414. The first-order chi connectivity index (χ1) is 7.19. The maximum atomic E-state index is 4.96. The number of aromatic nitrogens is 3. The molecule has 0 radical (unpaired) electrons. The summed E-state index contributed by atoms with van der Waals surface area (Å²) < 4.78 is 4.96. The summed E-state index contributed by atoms with van der Waals surface area (Å²) in [7, 11) is 1.74. The van der Waals surface area contributed by atoms with Crippen LogP contribution in [0.1, 0.15) is 11.4 Å². The molecular formula is C10H12N4O. The normalized spacial score (nSPS) is 10.3. The summed E-state index contributed by atoms with van der Waals surface area (Å²) >= 11 is 0. The summed E-state index contributed by atoms with van der Waals surface area (Å²) in [5, 5.41) is 6.65. The van der Waals surface area contributed by atoms with Gasteiger partial charge in [0.25, 0.3) is 0 Å². The molecule has 0 aliphatic rings. The summed E-state index contributed by atoms with van der Waals surface area (Å²) in [6.45, 7) is 3.88. The molecule has 15 heavy (non-hydrogen) atoms. The Morgan fingerprint density at radius 1 is 1.13 bits per heavy atom. The Hall–Kier alpha value is -1.91. The Bertz CT molecular complexity index is 458. The van der Waals surface area contributed by atoms with Crippen molar-refractivity contribution in [1.29, 1.82) is 0 Å². The minimum absolute atomic E-state index is 0.414. The molecule has 78 valence electrons. The number of nitrogens with zero attached hydrogens (tertiary/aromatic N) is 3. The highest BCUT2D eigenvalue weighted by Crippen LogP contribution is 2.18. The first-order valence-corrected chi connectivity index (χ1v) is 4.66. The van der Waals surface area contributed by atoms with Crippen molar-refractivity contribution in [2.45, 2.75) is 13.8 Å². The maximum absolute atomic E-state index is 4.96. The van der Waals surface area contributed by atoms with Gasteiger partial charge in [0.05, 0.1) is 0 Å². The van der Waals surface area contributed by atoms with Gasteiger partial charge >= 0.3 is 6.01 Å². The van der Waals surface area contributed by atoms with Crippen molar-refractivity contribution in [2.24, 2.45) is 0 Å². The zero-order chi connectivity index (χ0) is 10.8. The molecule has 2 aromatic rings. The Balaban J connectivity index is 2.44. The van der Waals surface area contributed by atoms with Gasteiger partial charge in [0.2, 0.25) is 5.82 Å². The lowest BCUT2D eigenvalue weighted by Gasteiger charge is -1.98. The highest BCUT2D eigenvalue weighted by atomic mass is 16.5. The van der Waals surface area contributed by atoms with E-state index in [1.165, 1.54) is 0 Å². The van der Waals surface area contributed by atoms with Gasteiger partial charge in [-0.1, -0.05) is 5.16 Å². The van der Waals surface area contributed by atoms with Crippen molar-refractivity contribution in [3.8, 4) is 11.4 Å². The molecule has 0 aromatic carbocycles. The molecule has 0 unspecified atom stereocenters. The van der Waals surface area contributed by atoms with E-state index in [9.17, 15) is 0 Å². The molecule has 1 N–H and O–H groups in total. The van der Waals surface area contributed by atoms with E-state index in [0.29, 0.717) is 11.8 Å². The van der Waals surface area contributed by atoms with E-state index in [1.54, 1.807) is 7.05 Å². The Labute approximate surface area is 87.5 Å². The molecule has 0 saturated heterocycles. The largest absolute Gasteiger partial charge is 0.341 e. The predicted octanol–water partition coefficient (Wildman–Crippen LogP) is 1.79. The lowest BCUT2D eigenvalue weighted by Crippen LogP contribution is -1.90. The van der Waals surface area contributed by atoms with Gasteiger partial charge in [0.15, 0.2) is 0 Å². The fraction of sp³-hybridized carbons (Fsp3) is 0.300. The van der Waals surface area contributed by atoms with Gasteiger partial charge in [-0.3, -0.25) is 4.98 Å². The molecule has 0 aliphatic carbocycles. The lowest BCUT2D eigenvalue weighted by atomic mass is 10.2. The van der Waals surface area contributed by atoms with Gasteiger partial charge < -0.3 is 9.84 Å². The highest BCUT2D eigenvalue weighted by Gasteiger charge is 2.08. The summed E-state index contributed by atoms with van der Waals surface area (Å²) in [5.41, 5.74) is 2.81. The van der Waals surface area contributed by atoms with Gasteiger partial charge in [0.1, 0.15) is 0 Å². The van der Waals surface area contributed by atoms with Crippen molar-refractivity contribution in [2.75, 3.05) is 12.4 Å². The number of pyridine rings is 1. The molecule has 2 aromatic heterocycles. The van der Waals surface area contributed by atoms with Crippen molar-refractivity contribution in [3.05, 3.63) is 23.5 Å². The van der Waals surface area contributed by atoms with E-state index in [1.807, 2.05) is 26.0 Å². The number of anilines is 1. The maximum Gasteiger partial charge on any atom is 0.321 e. The van der Waals surface area contributed by atoms with E-state index in [0.717, 1.165) is 17.0 Å². The minimum Gasteiger partial charge on any atom is -0.341 e. The van der Waals surface area contributed by atoms with Crippen LogP contribution in [0.15, 0.2) is 16.7 Å². The van der Waals surface area contributed by atoms with Crippen molar-refractivity contribution in [1.82, 2.24) is 15.1 Å². The van der Waals surface area contributed by atoms with Crippen LogP contribution < -0.4 is 5.32 Å². The molecule has 5 nitrogen and oxygen atoms in total. The Morgan fingerprint density at radius 3 is 2.33 bits per heavy atom. The van der Waals surface area contributed by atoms with Crippen molar-refractivity contribution < 1.29 is 4.52 Å². The van der Waals surface area contributed by atoms with Crippen LogP contribution in [-0.4, -0.2) is 22.2 Å². The van der Waals surface area contributed by atoms with Gasteiger partial charge in [-0.15, -0.1) is 0 Å². The SMILES string of the molecule is CNc1nc(-c2cc(C)nc(C)c2)no1. The predicted molar refractivity (Wildman–Crippen MR) is 56.5 cm³/mol. The lowest BCUT2D eigenvalue weighted by molar-refractivity contribution is 0.434. The summed E-state index contributed by atoms with van der Waals surface area (Å²) in [5.74, 6) is 0.577. The van der Waals surface area contributed by atoms with Crippen LogP contribution in [0.3, 0.4) is 0 Å². The first kappa shape index (κ1) is 9.64. The van der Waals surface area contributed by atoms with Crippen molar-refractivity contribution >= 4 is 6.01 Å². The summed E-state index contributed by atoms with van der Waals surface area (Å²) in [4.78, 5) is 8.45. The van der Waals surface area contributed by atoms with Gasteiger partial charge in [-0.25, -0.2) is 0 Å². The van der Waals surface area contributed by atoms with Crippen LogP contribution in [0.5, 0.6) is 0 Å². The molecule has 0 atom stereocenters. The second-order valence-electron chi connectivity index (χ2n) is 3.31. The quantitative estimate of drug-likeness (QED) is 0.807. The topological polar surface area (TPSA) is 63.8 Å². The van der Waals surface area contributed by atoms with Gasteiger partial charge in [-0.05, 0) is 26.0 Å². The first-order valence-electron chi connectivity index (χ1n) is 4.66. The average molecular weight is 204 g/mol. The number of hydrogen-bond acceptors (Lipinski definition) is 5. The third-order valence-electron chi connectivity index (χ3n) is 1.98. The number of aryl methyl sites for hydroxylation is 2. The van der Waals surface area contributed by atoms with E-state index < -0.39 is 0 Å².